The van der Waals surface area contributed by atoms with Gasteiger partial charge in [0, 0.05) is 0 Å². The first-order valence-electron chi connectivity index (χ1n) is 5.92. The molecule has 1 fully saturated rings. The zero-order valence-corrected chi connectivity index (χ0v) is 10.2. The third-order valence-corrected chi connectivity index (χ3v) is 4.20. The highest BCUT2D eigenvalue weighted by Gasteiger charge is 2.40. The zero-order chi connectivity index (χ0) is 11.3. The average Bonchev–Trinajstić information content (AvgIpc) is 2.85. The number of hydrogen-bond acceptors (Lipinski definition) is 0. The molecule has 0 spiro atoms. The van der Waals surface area contributed by atoms with Gasteiger partial charge in [-0.1, -0.05) is 33.8 Å². The molecule has 1 heteroatoms. The lowest BCUT2D eigenvalue weighted by Gasteiger charge is -2.41. The Morgan fingerprint density at radius 3 is 2.33 bits per heavy atom. The molecule has 0 N–H and O–H groups in total. The molecule has 0 heterocycles. The van der Waals surface area contributed by atoms with Gasteiger partial charge in [-0.3, -0.25) is 0 Å². The summed E-state index contributed by atoms with van der Waals surface area (Å²) in [5, 5.41) is 0. The van der Waals surface area contributed by atoms with Gasteiger partial charge in [0.05, 0.1) is 0 Å². The Kier molecular flexibility index (Phi) is 2.33. The maximum atomic E-state index is 14.0. The molecule has 0 aromatic rings. The van der Waals surface area contributed by atoms with Gasteiger partial charge in [0.25, 0.3) is 0 Å². The lowest BCUT2D eigenvalue weighted by molar-refractivity contribution is 0.165. The molecule has 0 nitrogen and oxygen atoms in total. The van der Waals surface area contributed by atoms with Crippen LogP contribution >= 0.6 is 0 Å². The fraction of sp³-hybridized carbons (Fsp3) is 0.714. The quantitative estimate of drug-likeness (QED) is 0.589. The molecule has 15 heavy (non-hydrogen) atoms. The van der Waals surface area contributed by atoms with Gasteiger partial charge in [0.2, 0.25) is 0 Å². The molecule has 0 saturated heterocycles. The van der Waals surface area contributed by atoms with Crippen molar-refractivity contribution in [1.82, 2.24) is 0 Å². The molecule has 1 saturated carbocycles. The van der Waals surface area contributed by atoms with E-state index >= 15 is 0 Å². The molecule has 1 unspecified atom stereocenters. The van der Waals surface area contributed by atoms with Crippen LogP contribution in [0, 0.1) is 16.7 Å². The Labute approximate surface area is 92.3 Å². The number of halogens is 1. The SMILES string of the molecule is CC(C)(C)C1(C)C=C(F)C(C2CC2)=CC1. The zero-order valence-electron chi connectivity index (χ0n) is 10.2. The monoisotopic (exact) mass is 208 g/mol. The average molecular weight is 208 g/mol. The summed E-state index contributed by atoms with van der Waals surface area (Å²) < 4.78 is 14.0. The Hall–Kier alpha value is -0.590. The molecule has 1 atom stereocenters. The van der Waals surface area contributed by atoms with Crippen molar-refractivity contribution in [2.24, 2.45) is 16.7 Å². The van der Waals surface area contributed by atoms with Gasteiger partial charge in [0.1, 0.15) is 5.83 Å². The van der Waals surface area contributed by atoms with E-state index in [9.17, 15) is 4.39 Å². The minimum absolute atomic E-state index is 0.0323. The van der Waals surface area contributed by atoms with Gasteiger partial charge in [-0.25, -0.2) is 4.39 Å². The summed E-state index contributed by atoms with van der Waals surface area (Å²) >= 11 is 0. The van der Waals surface area contributed by atoms with E-state index in [1.165, 1.54) is 12.8 Å². The molecule has 2 aliphatic rings. The lowest BCUT2D eigenvalue weighted by atomic mass is 9.64. The third-order valence-electron chi connectivity index (χ3n) is 4.20. The molecule has 2 rings (SSSR count). The van der Waals surface area contributed by atoms with Crippen LogP contribution in [0.4, 0.5) is 4.39 Å². The maximum Gasteiger partial charge on any atom is 0.122 e. The van der Waals surface area contributed by atoms with Crippen LogP contribution in [0.15, 0.2) is 23.6 Å². The van der Waals surface area contributed by atoms with Gasteiger partial charge in [-0.15, -0.1) is 0 Å². The Morgan fingerprint density at radius 1 is 1.33 bits per heavy atom. The van der Waals surface area contributed by atoms with Crippen LogP contribution in [0.25, 0.3) is 0 Å². The first kappa shape index (κ1) is 10.9. The largest absolute Gasteiger partial charge is 0.207 e. The molecule has 0 amide bonds. The van der Waals surface area contributed by atoms with Crippen molar-refractivity contribution in [3.05, 3.63) is 23.6 Å². The maximum absolute atomic E-state index is 14.0. The number of hydrogen-bond donors (Lipinski definition) is 0. The highest BCUT2D eigenvalue weighted by Crippen LogP contribution is 2.50. The van der Waals surface area contributed by atoms with Crippen molar-refractivity contribution in [3.8, 4) is 0 Å². The van der Waals surface area contributed by atoms with Crippen LogP contribution in [-0.4, -0.2) is 0 Å². The summed E-state index contributed by atoms with van der Waals surface area (Å²) in [6.45, 7) is 8.72. The Balaban J connectivity index is 2.24. The predicted molar refractivity (Wildman–Crippen MR) is 62.2 cm³/mol. The normalized spacial score (nSPS) is 32.3. The predicted octanol–water partition coefficient (Wildman–Crippen LogP) is 4.63. The van der Waals surface area contributed by atoms with E-state index in [-0.39, 0.29) is 16.7 Å². The first-order valence-corrected chi connectivity index (χ1v) is 5.92. The summed E-state index contributed by atoms with van der Waals surface area (Å²) in [5.41, 5.74) is 1.07. The van der Waals surface area contributed by atoms with Gasteiger partial charge in [0.15, 0.2) is 0 Å². The second kappa shape index (κ2) is 3.20. The fourth-order valence-corrected chi connectivity index (χ4v) is 2.12. The van der Waals surface area contributed by atoms with Crippen LogP contribution in [0.3, 0.4) is 0 Å². The molecule has 0 aromatic carbocycles. The topological polar surface area (TPSA) is 0 Å². The van der Waals surface area contributed by atoms with Crippen molar-refractivity contribution in [1.29, 1.82) is 0 Å². The van der Waals surface area contributed by atoms with E-state index in [1.807, 2.05) is 6.08 Å². The number of rotatable bonds is 1. The van der Waals surface area contributed by atoms with Crippen molar-refractivity contribution in [2.45, 2.75) is 47.0 Å². The summed E-state index contributed by atoms with van der Waals surface area (Å²) in [4.78, 5) is 0. The Morgan fingerprint density at radius 2 is 1.93 bits per heavy atom. The summed E-state index contributed by atoms with van der Waals surface area (Å²) in [6, 6.07) is 0. The van der Waals surface area contributed by atoms with Crippen LogP contribution in [0.5, 0.6) is 0 Å². The molecule has 0 bridgehead atoms. The summed E-state index contributed by atoms with van der Waals surface area (Å²) in [5.74, 6) is 0.576. The van der Waals surface area contributed by atoms with E-state index in [0.717, 1.165) is 12.0 Å². The van der Waals surface area contributed by atoms with E-state index in [2.05, 4.69) is 33.8 Å². The van der Waals surface area contributed by atoms with Crippen LogP contribution in [-0.2, 0) is 0 Å². The highest BCUT2D eigenvalue weighted by molar-refractivity contribution is 5.36. The second-order valence-corrected chi connectivity index (χ2v) is 6.30. The molecular formula is C14H21F. The van der Waals surface area contributed by atoms with Gasteiger partial charge in [-0.2, -0.15) is 0 Å². The van der Waals surface area contributed by atoms with Gasteiger partial charge >= 0.3 is 0 Å². The van der Waals surface area contributed by atoms with Crippen molar-refractivity contribution >= 4 is 0 Å². The second-order valence-electron chi connectivity index (χ2n) is 6.30. The molecule has 0 radical (unpaired) electrons. The molecule has 84 valence electrons. The van der Waals surface area contributed by atoms with E-state index in [1.54, 1.807) is 0 Å². The molecule has 0 aliphatic heterocycles. The minimum atomic E-state index is -0.0323. The highest BCUT2D eigenvalue weighted by atomic mass is 19.1. The van der Waals surface area contributed by atoms with Crippen molar-refractivity contribution in [2.75, 3.05) is 0 Å². The van der Waals surface area contributed by atoms with E-state index in [4.69, 9.17) is 0 Å². The molecular weight excluding hydrogens is 187 g/mol. The van der Waals surface area contributed by atoms with Crippen LogP contribution in [0.2, 0.25) is 0 Å². The Bertz CT molecular complexity index is 326. The standard InChI is InChI=1S/C14H21F/c1-13(2,3)14(4)8-7-11(10-5-6-10)12(15)9-14/h7,9-10H,5-6,8H2,1-4H3. The van der Waals surface area contributed by atoms with Gasteiger partial charge < -0.3 is 0 Å². The summed E-state index contributed by atoms with van der Waals surface area (Å²) in [7, 11) is 0. The van der Waals surface area contributed by atoms with E-state index < -0.39 is 0 Å². The van der Waals surface area contributed by atoms with Crippen LogP contribution in [0.1, 0.15) is 47.0 Å². The van der Waals surface area contributed by atoms with Gasteiger partial charge in [-0.05, 0) is 47.7 Å². The smallest absolute Gasteiger partial charge is 0.122 e. The van der Waals surface area contributed by atoms with E-state index in [0.29, 0.717) is 5.92 Å². The van der Waals surface area contributed by atoms with Crippen molar-refractivity contribution < 1.29 is 4.39 Å². The minimum Gasteiger partial charge on any atom is -0.207 e. The molecule has 2 aliphatic carbocycles. The summed E-state index contributed by atoms with van der Waals surface area (Å²) in [6.07, 6.45) is 7.34. The first-order chi connectivity index (χ1) is 6.83. The lowest BCUT2D eigenvalue weighted by Crippen LogP contribution is -2.32. The molecule has 0 aromatic heterocycles. The number of allylic oxidation sites excluding steroid dienone is 4. The van der Waals surface area contributed by atoms with Crippen molar-refractivity contribution in [3.63, 3.8) is 0 Å². The fourth-order valence-electron chi connectivity index (χ4n) is 2.12. The van der Waals surface area contributed by atoms with Crippen LogP contribution < -0.4 is 0 Å². The third kappa shape index (κ3) is 1.89.